The van der Waals surface area contributed by atoms with Crippen LogP contribution in [-0.4, -0.2) is 20.4 Å². The lowest BCUT2D eigenvalue weighted by Gasteiger charge is -2.09. The van der Waals surface area contributed by atoms with Crippen molar-refractivity contribution in [3.8, 4) is 11.3 Å². The van der Waals surface area contributed by atoms with E-state index < -0.39 is 0 Å². The molecule has 5 aromatic rings. The Morgan fingerprint density at radius 2 is 1.66 bits per heavy atom. The number of carbonyl (C=O) groups excluding carboxylic acids is 1. The Morgan fingerprint density at radius 1 is 0.828 bits per heavy atom. The first kappa shape index (κ1) is 16.9. The minimum atomic E-state index is -0.297. The normalized spacial score (nSPS) is 10.9. The number of hydrogen-bond acceptors (Lipinski definition) is 3. The number of carbonyl (C=O) groups is 1. The molecule has 0 saturated carbocycles. The monoisotopic (exact) mass is 379 g/mol. The number of fused-ring (bicyclic) bond motifs is 2. The molecule has 2 N–H and O–H groups in total. The molecule has 2 amide bonds. The highest BCUT2D eigenvalue weighted by Crippen LogP contribution is 2.23. The molecule has 5 rings (SSSR count). The average molecular weight is 379 g/mol. The second kappa shape index (κ2) is 7.09. The smallest absolute Gasteiger partial charge is 0.308 e. The third-order valence-electron chi connectivity index (χ3n) is 4.66. The molecule has 2 heterocycles. The lowest BCUT2D eigenvalue weighted by atomic mass is 10.1. The molecule has 0 aliphatic rings. The van der Waals surface area contributed by atoms with E-state index in [1.54, 1.807) is 6.20 Å². The number of nitrogens with one attached hydrogen (secondary N) is 2. The van der Waals surface area contributed by atoms with E-state index in [0.717, 1.165) is 27.7 Å². The minimum Gasteiger partial charge on any atom is -0.308 e. The molecule has 140 valence electrons. The third-order valence-corrected chi connectivity index (χ3v) is 4.66. The highest BCUT2D eigenvalue weighted by molar-refractivity contribution is 6.01. The fraction of sp³-hybridized carbons (Fsp3) is 0. The molecule has 2 aromatic heterocycles. The van der Waals surface area contributed by atoms with E-state index in [0.29, 0.717) is 11.5 Å². The summed E-state index contributed by atoms with van der Waals surface area (Å²) in [7, 11) is 0. The molecule has 0 aliphatic carbocycles. The number of benzene rings is 3. The molecule has 0 radical (unpaired) electrons. The Bertz CT molecular complexity index is 1310. The number of rotatable bonds is 3. The Balaban J connectivity index is 1.34. The molecule has 0 fully saturated rings. The standard InChI is InChI=1S/C23H17N5O/c29-23(26-20-10-9-16-5-1-2-6-17(16)13-20)25-19-8-3-7-18(14-19)21-15-28-12-4-11-24-22(28)27-21/h1-15H,(H2,25,26,29). The van der Waals surface area contributed by atoms with Crippen LogP contribution in [0.1, 0.15) is 0 Å². The predicted octanol–water partition coefficient (Wildman–Crippen LogP) is 5.19. The number of imidazole rings is 1. The molecule has 29 heavy (non-hydrogen) atoms. The van der Waals surface area contributed by atoms with Crippen LogP contribution in [0, 0.1) is 0 Å². The molecule has 0 atom stereocenters. The van der Waals surface area contributed by atoms with Gasteiger partial charge in [0.25, 0.3) is 0 Å². The molecule has 0 unspecified atom stereocenters. The van der Waals surface area contributed by atoms with Gasteiger partial charge in [0, 0.05) is 35.5 Å². The van der Waals surface area contributed by atoms with Crippen molar-refractivity contribution >= 4 is 34.0 Å². The topological polar surface area (TPSA) is 71.3 Å². The summed E-state index contributed by atoms with van der Waals surface area (Å²) in [4.78, 5) is 21.2. The van der Waals surface area contributed by atoms with Crippen LogP contribution in [0.25, 0.3) is 27.8 Å². The van der Waals surface area contributed by atoms with E-state index in [2.05, 4.69) is 20.6 Å². The Morgan fingerprint density at radius 3 is 2.52 bits per heavy atom. The van der Waals surface area contributed by atoms with Gasteiger partial charge in [-0.3, -0.25) is 4.40 Å². The third kappa shape index (κ3) is 3.51. The first-order chi connectivity index (χ1) is 14.2. The summed E-state index contributed by atoms with van der Waals surface area (Å²) in [5, 5.41) is 7.97. The molecule has 3 aromatic carbocycles. The zero-order valence-corrected chi connectivity index (χ0v) is 15.4. The van der Waals surface area contributed by atoms with E-state index in [1.807, 2.05) is 89.6 Å². The summed E-state index contributed by atoms with van der Waals surface area (Å²) in [5.74, 6) is 0.634. The maximum Gasteiger partial charge on any atom is 0.323 e. The van der Waals surface area contributed by atoms with Crippen molar-refractivity contribution in [3.05, 3.63) is 91.4 Å². The van der Waals surface area contributed by atoms with Crippen molar-refractivity contribution < 1.29 is 4.79 Å². The molecule has 6 nitrogen and oxygen atoms in total. The van der Waals surface area contributed by atoms with Crippen molar-refractivity contribution in [3.63, 3.8) is 0 Å². The van der Waals surface area contributed by atoms with Crippen LogP contribution in [-0.2, 0) is 0 Å². The van der Waals surface area contributed by atoms with Crippen LogP contribution in [0.2, 0.25) is 0 Å². The summed E-state index contributed by atoms with van der Waals surface area (Å²) < 4.78 is 1.86. The molecule has 0 saturated heterocycles. The number of urea groups is 1. The first-order valence-corrected chi connectivity index (χ1v) is 9.22. The second-order valence-electron chi connectivity index (χ2n) is 6.67. The number of aromatic nitrogens is 3. The fourth-order valence-corrected chi connectivity index (χ4v) is 3.29. The van der Waals surface area contributed by atoms with Crippen LogP contribution in [0.5, 0.6) is 0 Å². The summed E-state index contributed by atoms with van der Waals surface area (Å²) >= 11 is 0. The van der Waals surface area contributed by atoms with Crippen LogP contribution in [0.3, 0.4) is 0 Å². The summed E-state index contributed by atoms with van der Waals surface area (Å²) in [5.41, 5.74) is 3.12. The van der Waals surface area contributed by atoms with E-state index in [1.165, 1.54) is 0 Å². The lowest BCUT2D eigenvalue weighted by molar-refractivity contribution is 0.262. The predicted molar refractivity (Wildman–Crippen MR) is 115 cm³/mol. The van der Waals surface area contributed by atoms with Gasteiger partial charge in [-0.1, -0.05) is 42.5 Å². The Hall–Kier alpha value is -4.19. The van der Waals surface area contributed by atoms with Crippen LogP contribution in [0.4, 0.5) is 16.2 Å². The van der Waals surface area contributed by atoms with Gasteiger partial charge in [0.1, 0.15) is 0 Å². The molecule has 0 spiro atoms. The molecule has 0 aliphatic heterocycles. The van der Waals surface area contributed by atoms with Crippen molar-refractivity contribution in [2.45, 2.75) is 0 Å². The van der Waals surface area contributed by atoms with Crippen LogP contribution >= 0.6 is 0 Å². The summed E-state index contributed by atoms with van der Waals surface area (Å²) in [6, 6.07) is 23.0. The average Bonchev–Trinajstić information content (AvgIpc) is 3.18. The van der Waals surface area contributed by atoms with Crippen LogP contribution < -0.4 is 10.6 Å². The summed E-state index contributed by atoms with van der Waals surface area (Å²) in [6.45, 7) is 0. The van der Waals surface area contributed by atoms with Gasteiger partial charge in [0.2, 0.25) is 5.78 Å². The van der Waals surface area contributed by atoms with Gasteiger partial charge < -0.3 is 10.6 Å². The van der Waals surface area contributed by atoms with Crippen LogP contribution in [0.15, 0.2) is 91.4 Å². The highest BCUT2D eigenvalue weighted by Gasteiger charge is 2.08. The quantitative estimate of drug-likeness (QED) is 0.453. The number of nitrogens with zero attached hydrogens (tertiary/aromatic N) is 3. The SMILES string of the molecule is O=C(Nc1cccc(-c2cn3cccnc3n2)c1)Nc1ccc2ccccc2c1. The van der Waals surface area contributed by atoms with E-state index in [9.17, 15) is 4.79 Å². The molecular weight excluding hydrogens is 362 g/mol. The maximum atomic E-state index is 12.5. The van der Waals surface area contributed by atoms with Gasteiger partial charge in [-0.2, -0.15) is 0 Å². The Labute approximate surface area is 166 Å². The van der Waals surface area contributed by atoms with Crippen molar-refractivity contribution in [1.29, 1.82) is 0 Å². The Kier molecular flexibility index (Phi) is 4.14. The van der Waals surface area contributed by atoms with Gasteiger partial charge in [-0.25, -0.2) is 14.8 Å². The van der Waals surface area contributed by atoms with Gasteiger partial charge in [0.15, 0.2) is 0 Å². The van der Waals surface area contributed by atoms with E-state index in [4.69, 9.17) is 0 Å². The van der Waals surface area contributed by atoms with Crippen molar-refractivity contribution in [2.75, 3.05) is 10.6 Å². The molecule has 6 heteroatoms. The zero-order chi connectivity index (χ0) is 19.6. The molecular formula is C23H17N5O. The van der Waals surface area contributed by atoms with E-state index in [-0.39, 0.29) is 6.03 Å². The van der Waals surface area contributed by atoms with Gasteiger partial charge >= 0.3 is 6.03 Å². The maximum absolute atomic E-state index is 12.5. The van der Waals surface area contributed by atoms with Crippen molar-refractivity contribution in [1.82, 2.24) is 14.4 Å². The van der Waals surface area contributed by atoms with Gasteiger partial charge in [0.05, 0.1) is 5.69 Å². The van der Waals surface area contributed by atoms with Crippen molar-refractivity contribution in [2.24, 2.45) is 0 Å². The zero-order valence-electron chi connectivity index (χ0n) is 15.4. The summed E-state index contributed by atoms with van der Waals surface area (Å²) in [6.07, 6.45) is 5.52. The number of amides is 2. The van der Waals surface area contributed by atoms with Gasteiger partial charge in [-0.05, 0) is 41.1 Å². The highest BCUT2D eigenvalue weighted by atomic mass is 16.2. The largest absolute Gasteiger partial charge is 0.323 e. The number of hydrogen-bond donors (Lipinski definition) is 2. The van der Waals surface area contributed by atoms with E-state index >= 15 is 0 Å². The first-order valence-electron chi connectivity index (χ1n) is 9.22. The second-order valence-corrected chi connectivity index (χ2v) is 6.67. The fourth-order valence-electron chi connectivity index (χ4n) is 3.29. The lowest BCUT2D eigenvalue weighted by Crippen LogP contribution is -2.19. The number of anilines is 2. The van der Waals surface area contributed by atoms with Gasteiger partial charge in [-0.15, -0.1) is 0 Å². The molecule has 0 bridgehead atoms. The minimum absolute atomic E-state index is 0.297.